The Bertz CT molecular complexity index is 779. The molecule has 2 aromatic rings. The highest BCUT2D eigenvalue weighted by Gasteiger charge is 2.26. The number of nitrogens with zero attached hydrogens (tertiary/aromatic N) is 3. The highest BCUT2D eigenvalue weighted by Crippen LogP contribution is 2.31. The molecular formula is C16H20N4O2S. The van der Waals surface area contributed by atoms with E-state index in [-0.39, 0.29) is 5.56 Å². The molecule has 4 rings (SSSR count). The van der Waals surface area contributed by atoms with E-state index in [2.05, 4.69) is 26.4 Å². The number of aryl methyl sites for hydroxylation is 2. The molecule has 0 radical (unpaired) electrons. The number of imidazole rings is 1. The minimum atomic E-state index is 0.0217. The molecule has 0 amide bonds. The first-order valence-electron chi connectivity index (χ1n) is 8.20. The van der Waals surface area contributed by atoms with Gasteiger partial charge in [0.25, 0.3) is 5.56 Å². The van der Waals surface area contributed by atoms with Crippen LogP contribution in [-0.4, -0.2) is 25.6 Å². The number of rotatable bonds is 6. The summed E-state index contributed by atoms with van der Waals surface area (Å²) in [6.07, 6.45) is 7.18. The number of H-pyrrole nitrogens is 1. The second kappa shape index (κ2) is 6.03. The van der Waals surface area contributed by atoms with Gasteiger partial charge in [-0.15, -0.1) is 0 Å². The lowest BCUT2D eigenvalue weighted by Gasteiger charge is -2.09. The van der Waals surface area contributed by atoms with Crippen LogP contribution in [0.25, 0.3) is 0 Å². The second-order valence-electron chi connectivity index (χ2n) is 6.04. The van der Waals surface area contributed by atoms with E-state index in [0.717, 1.165) is 61.5 Å². The van der Waals surface area contributed by atoms with Gasteiger partial charge in [0.2, 0.25) is 5.88 Å². The highest BCUT2D eigenvalue weighted by atomic mass is 32.2. The molecule has 0 aromatic carbocycles. The molecule has 6 nitrogen and oxygen atoms in total. The quantitative estimate of drug-likeness (QED) is 0.649. The number of hydrogen-bond donors (Lipinski definition) is 1. The average molecular weight is 332 g/mol. The van der Waals surface area contributed by atoms with E-state index in [0.29, 0.717) is 17.0 Å². The fourth-order valence-electron chi connectivity index (χ4n) is 2.87. The summed E-state index contributed by atoms with van der Waals surface area (Å²) in [5, 5.41) is 0.692. The van der Waals surface area contributed by atoms with Crippen molar-refractivity contribution in [3.63, 3.8) is 0 Å². The standard InChI is InChI=1S/C16H20N4O2S/c1-2-20-9-17-15(22-10-6-7-10)13(20)8-23-16-18-12-5-3-4-11(12)14(21)19-16/h9-10H,2-8H2,1H3,(H,18,19,21). The molecule has 1 saturated carbocycles. The maximum atomic E-state index is 12.1. The molecule has 0 atom stereocenters. The van der Waals surface area contributed by atoms with Gasteiger partial charge in [0, 0.05) is 17.9 Å². The molecule has 0 unspecified atom stereocenters. The van der Waals surface area contributed by atoms with Crippen LogP contribution < -0.4 is 10.3 Å². The number of hydrogen-bond acceptors (Lipinski definition) is 5. The summed E-state index contributed by atoms with van der Waals surface area (Å²) in [7, 11) is 0. The molecule has 0 bridgehead atoms. The van der Waals surface area contributed by atoms with Crippen LogP contribution in [0.5, 0.6) is 5.88 Å². The maximum absolute atomic E-state index is 12.1. The summed E-state index contributed by atoms with van der Waals surface area (Å²) >= 11 is 1.54. The van der Waals surface area contributed by atoms with E-state index in [4.69, 9.17) is 4.74 Å². The molecular weight excluding hydrogens is 312 g/mol. The van der Waals surface area contributed by atoms with Gasteiger partial charge in [0.05, 0.1) is 17.7 Å². The molecule has 2 aliphatic carbocycles. The Balaban J connectivity index is 1.53. The Morgan fingerprint density at radius 3 is 3.09 bits per heavy atom. The zero-order valence-corrected chi connectivity index (χ0v) is 14.0. The van der Waals surface area contributed by atoms with Crippen molar-refractivity contribution in [1.29, 1.82) is 0 Å². The normalized spacial score (nSPS) is 16.6. The predicted molar refractivity (Wildman–Crippen MR) is 88.0 cm³/mol. The minimum Gasteiger partial charge on any atom is -0.473 e. The highest BCUT2D eigenvalue weighted by molar-refractivity contribution is 7.98. The SMILES string of the molecule is CCn1cnc(OC2CC2)c1CSc1nc2c(c(=O)[nH]1)CCC2. The molecule has 122 valence electrons. The van der Waals surface area contributed by atoms with Crippen molar-refractivity contribution in [3.05, 3.63) is 33.6 Å². The van der Waals surface area contributed by atoms with E-state index in [9.17, 15) is 4.79 Å². The summed E-state index contributed by atoms with van der Waals surface area (Å²) in [6.45, 7) is 2.94. The largest absolute Gasteiger partial charge is 0.473 e. The van der Waals surface area contributed by atoms with Gasteiger partial charge in [-0.1, -0.05) is 11.8 Å². The molecule has 7 heteroatoms. The van der Waals surface area contributed by atoms with E-state index >= 15 is 0 Å². The molecule has 1 N–H and O–H groups in total. The van der Waals surface area contributed by atoms with Crippen LogP contribution in [0.1, 0.15) is 43.1 Å². The molecule has 2 aliphatic rings. The first-order valence-corrected chi connectivity index (χ1v) is 9.18. The summed E-state index contributed by atoms with van der Waals surface area (Å²) in [5.41, 5.74) is 2.92. The third-order valence-electron chi connectivity index (χ3n) is 4.32. The zero-order chi connectivity index (χ0) is 15.8. The van der Waals surface area contributed by atoms with E-state index in [1.54, 1.807) is 11.8 Å². The third-order valence-corrected chi connectivity index (χ3v) is 5.20. The maximum Gasteiger partial charge on any atom is 0.254 e. The van der Waals surface area contributed by atoms with Gasteiger partial charge in [-0.2, -0.15) is 0 Å². The number of aromatic nitrogens is 4. The number of fused-ring (bicyclic) bond motifs is 1. The predicted octanol–water partition coefficient (Wildman–Crippen LogP) is 2.31. The van der Waals surface area contributed by atoms with Crippen LogP contribution in [0.15, 0.2) is 16.3 Å². The van der Waals surface area contributed by atoms with Crippen molar-refractivity contribution >= 4 is 11.8 Å². The van der Waals surface area contributed by atoms with Crippen LogP contribution in [-0.2, 0) is 25.1 Å². The lowest BCUT2D eigenvalue weighted by Crippen LogP contribution is -2.15. The Morgan fingerprint density at radius 1 is 1.43 bits per heavy atom. The fourth-order valence-corrected chi connectivity index (χ4v) is 3.77. The molecule has 0 spiro atoms. The summed E-state index contributed by atoms with van der Waals surface area (Å²) in [5.74, 6) is 1.42. The van der Waals surface area contributed by atoms with Gasteiger partial charge in [-0.25, -0.2) is 9.97 Å². The van der Waals surface area contributed by atoms with Crippen molar-refractivity contribution in [3.8, 4) is 5.88 Å². The fraction of sp³-hybridized carbons (Fsp3) is 0.562. The number of nitrogens with one attached hydrogen (secondary N) is 1. The van der Waals surface area contributed by atoms with Crippen molar-refractivity contribution < 1.29 is 4.74 Å². The van der Waals surface area contributed by atoms with Crippen LogP contribution in [0.2, 0.25) is 0 Å². The number of thioether (sulfide) groups is 1. The zero-order valence-electron chi connectivity index (χ0n) is 13.2. The van der Waals surface area contributed by atoms with Crippen LogP contribution in [0, 0.1) is 0 Å². The van der Waals surface area contributed by atoms with Crippen molar-refractivity contribution in [2.45, 2.75) is 62.6 Å². The van der Waals surface area contributed by atoms with Crippen molar-refractivity contribution in [1.82, 2.24) is 19.5 Å². The van der Waals surface area contributed by atoms with Crippen LogP contribution in [0.4, 0.5) is 0 Å². The first kappa shape index (κ1) is 14.8. The van der Waals surface area contributed by atoms with Crippen LogP contribution >= 0.6 is 11.8 Å². The molecule has 23 heavy (non-hydrogen) atoms. The smallest absolute Gasteiger partial charge is 0.254 e. The van der Waals surface area contributed by atoms with Gasteiger partial charge in [0.1, 0.15) is 6.10 Å². The molecule has 0 aliphatic heterocycles. The summed E-state index contributed by atoms with van der Waals surface area (Å²) in [6, 6.07) is 0. The Kier molecular flexibility index (Phi) is 3.88. The van der Waals surface area contributed by atoms with Crippen LogP contribution in [0.3, 0.4) is 0 Å². The average Bonchev–Trinajstić information content (AvgIpc) is 3.08. The Morgan fingerprint density at radius 2 is 2.30 bits per heavy atom. The van der Waals surface area contributed by atoms with E-state index in [1.807, 2.05) is 6.33 Å². The van der Waals surface area contributed by atoms with Gasteiger partial charge < -0.3 is 14.3 Å². The van der Waals surface area contributed by atoms with Crippen molar-refractivity contribution in [2.24, 2.45) is 0 Å². The monoisotopic (exact) mass is 332 g/mol. The third kappa shape index (κ3) is 3.02. The van der Waals surface area contributed by atoms with Gasteiger partial charge in [-0.05, 0) is 39.0 Å². The number of ether oxygens (including phenoxy) is 1. The summed E-state index contributed by atoms with van der Waals surface area (Å²) in [4.78, 5) is 24.0. The van der Waals surface area contributed by atoms with E-state index < -0.39 is 0 Å². The summed E-state index contributed by atoms with van der Waals surface area (Å²) < 4.78 is 7.98. The lowest BCUT2D eigenvalue weighted by molar-refractivity contribution is 0.289. The second-order valence-corrected chi connectivity index (χ2v) is 7.00. The minimum absolute atomic E-state index is 0.0217. The lowest BCUT2D eigenvalue weighted by atomic mass is 10.3. The van der Waals surface area contributed by atoms with Gasteiger partial charge >= 0.3 is 0 Å². The molecule has 2 aromatic heterocycles. The first-order chi connectivity index (χ1) is 11.2. The molecule has 1 fully saturated rings. The molecule has 0 saturated heterocycles. The van der Waals surface area contributed by atoms with E-state index in [1.165, 1.54) is 0 Å². The Labute approximate surface area is 138 Å². The number of aromatic amines is 1. The van der Waals surface area contributed by atoms with Gasteiger partial charge in [-0.3, -0.25) is 4.79 Å². The van der Waals surface area contributed by atoms with Crippen molar-refractivity contribution in [2.75, 3.05) is 0 Å². The Hall–Kier alpha value is -1.76. The molecule has 2 heterocycles. The van der Waals surface area contributed by atoms with Gasteiger partial charge in [0.15, 0.2) is 5.16 Å². The topological polar surface area (TPSA) is 72.8 Å².